The molecule has 0 bridgehead atoms. The fourth-order valence-corrected chi connectivity index (χ4v) is 2.97. The maximum Gasteiger partial charge on any atom is 0.257 e. The molecule has 0 radical (unpaired) electrons. The lowest BCUT2D eigenvalue weighted by Crippen LogP contribution is -2.36. The molecule has 2 aromatic heterocycles. The lowest BCUT2D eigenvalue weighted by Gasteiger charge is -2.23. The first-order valence-electron chi connectivity index (χ1n) is 8.14. The maximum absolute atomic E-state index is 12.8. The molecule has 24 heavy (non-hydrogen) atoms. The summed E-state index contributed by atoms with van der Waals surface area (Å²) < 4.78 is 10.5. The lowest BCUT2D eigenvalue weighted by atomic mass is 10.2. The lowest BCUT2D eigenvalue weighted by molar-refractivity contribution is 0.0749. The molecule has 3 rings (SSSR count). The number of nitrogens with zero attached hydrogens (tertiary/aromatic N) is 3. The van der Waals surface area contributed by atoms with Crippen molar-refractivity contribution in [2.45, 2.75) is 20.4 Å². The fraction of sp³-hybridized carbons (Fsp3) is 0.444. The Labute approximate surface area is 142 Å². The van der Waals surface area contributed by atoms with Crippen molar-refractivity contribution in [3.63, 3.8) is 0 Å². The average Bonchev–Trinajstić information content (AvgIpc) is 2.91. The Balaban J connectivity index is 1.88. The first-order valence-corrected chi connectivity index (χ1v) is 8.14. The minimum absolute atomic E-state index is 0.00127. The van der Waals surface area contributed by atoms with Gasteiger partial charge in [-0.3, -0.25) is 4.79 Å². The van der Waals surface area contributed by atoms with E-state index in [1.807, 2.05) is 24.8 Å². The number of aromatic nitrogens is 1. The molecule has 0 saturated carbocycles. The van der Waals surface area contributed by atoms with E-state index in [-0.39, 0.29) is 5.91 Å². The summed E-state index contributed by atoms with van der Waals surface area (Å²) in [5.74, 6) is 1.61. The van der Waals surface area contributed by atoms with Gasteiger partial charge < -0.3 is 19.0 Å². The molecule has 0 aromatic carbocycles. The molecule has 0 fully saturated rings. The summed E-state index contributed by atoms with van der Waals surface area (Å²) in [5, 5.41) is 0. The third kappa shape index (κ3) is 3.28. The number of hydrogen-bond acceptors (Lipinski definition) is 5. The van der Waals surface area contributed by atoms with Crippen LogP contribution in [-0.4, -0.2) is 49.1 Å². The first kappa shape index (κ1) is 16.5. The SMILES string of the molecule is COCCN1CCN(C(=O)c2ccoc2C)Cc2ccc(C)nc21. The predicted octanol–water partition coefficient (Wildman–Crippen LogP) is 2.40. The van der Waals surface area contributed by atoms with E-state index in [1.54, 1.807) is 19.4 Å². The Hall–Kier alpha value is -2.34. The van der Waals surface area contributed by atoms with E-state index in [4.69, 9.17) is 14.1 Å². The Morgan fingerprint density at radius 2 is 2.12 bits per heavy atom. The number of amides is 1. The normalized spacial score (nSPS) is 14.5. The summed E-state index contributed by atoms with van der Waals surface area (Å²) in [4.78, 5) is 21.6. The monoisotopic (exact) mass is 329 g/mol. The van der Waals surface area contributed by atoms with Crippen LogP contribution in [0.5, 0.6) is 0 Å². The highest BCUT2D eigenvalue weighted by Gasteiger charge is 2.26. The molecule has 6 nitrogen and oxygen atoms in total. The molecule has 0 aliphatic carbocycles. The second-order valence-electron chi connectivity index (χ2n) is 6.03. The molecular weight excluding hydrogens is 306 g/mol. The summed E-state index contributed by atoms with van der Waals surface area (Å²) in [6, 6.07) is 5.79. The van der Waals surface area contributed by atoms with Crippen LogP contribution in [0.1, 0.15) is 27.4 Å². The maximum atomic E-state index is 12.8. The average molecular weight is 329 g/mol. The molecule has 128 valence electrons. The van der Waals surface area contributed by atoms with Gasteiger partial charge in [0.25, 0.3) is 5.91 Å². The van der Waals surface area contributed by atoms with E-state index in [1.165, 1.54) is 0 Å². The molecule has 0 saturated heterocycles. The molecule has 1 aliphatic rings. The van der Waals surface area contributed by atoms with Crippen molar-refractivity contribution in [2.24, 2.45) is 0 Å². The molecule has 3 heterocycles. The van der Waals surface area contributed by atoms with Gasteiger partial charge in [-0.15, -0.1) is 0 Å². The molecule has 6 heteroatoms. The van der Waals surface area contributed by atoms with E-state index < -0.39 is 0 Å². The van der Waals surface area contributed by atoms with Crippen molar-refractivity contribution >= 4 is 11.7 Å². The zero-order valence-electron chi connectivity index (χ0n) is 14.4. The van der Waals surface area contributed by atoms with Gasteiger partial charge in [-0.25, -0.2) is 4.98 Å². The smallest absolute Gasteiger partial charge is 0.257 e. The van der Waals surface area contributed by atoms with Gasteiger partial charge in [0, 0.05) is 44.5 Å². The zero-order chi connectivity index (χ0) is 17.1. The standard InChI is InChI=1S/C18H23N3O3/c1-13-4-5-15-12-21(18(22)16-6-10-24-14(16)2)8-7-20(9-11-23-3)17(15)19-13/h4-6,10H,7-9,11-12H2,1-3H3. The van der Waals surface area contributed by atoms with Crippen LogP contribution in [0.2, 0.25) is 0 Å². The van der Waals surface area contributed by atoms with Gasteiger partial charge in [-0.1, -0.05) is 6.07 Å². The van der Waals surface area contributed by atoms with E-state index in [2.05, 4.69) is 11.0 Å². The number of fused-ring (bicyclic) bond motifs is 1. The third-order valence-electron chi connectivity index (χ3n) is 4.34. The predicted molar refractivity (Wildman–Crippen MR) is 91.2 cm³/mol. The fourth-order valence-electron chi connectivity index (χ4n) is 2.97. The summed E-state index contributed by atoms with van der Waals surface area (Å²) in [6.07, 6.45) is 1.56. The van der Waals surface area contributed by atoms with Crippen LogP contribution in [0.3, 0.4) is 0 Å². The van der Waals surface area contributed by atoms with Gasteiger partial charge in [-0.05, 0) is 26.0 Å². The van der Waals surface area contributed by atoms with Crippen molar-refractivity contribution < 1.29 is 13.9 Å². The highest BCUT2D eigenvalue weighted by Crippen LogP contribution is 2.25. The number of anilines is 1. The van der Waals surface area contributed by atoms with E-state index in [0.717, 1.165) is 30.2 Å². The van der Waals surface area contributed by atoms with Crippen molar-refractivity contribution in [1.82, 2.24) is 9.88 Å². The number of pyridine rings is 1. The van der Waals surface area contributed by atoms with Gasteiger partial charge in [0.05, 0.1) is 18.4 Å². The van der Waals surface area contributed by atoms with Gasteiger partial charge in [0.2, 0.25) is 0 Å². The molecule has 0 N–H and O–H groups in total. The third-order valence-corrected chi connectivity index (χ3v) is 4.34. The number of ether oxygens (including phenoxy) is 1. The van der Waals surface area contributed by atoms with Crippen LogP contribution >= 0.6 is 0 Å². The molecule has 1 amide bonds. The summed E-state index contributed by atoms with van der Waals surface area (Å²) in [5.41, 5.74) is 2.66. The van der Waals surface area contributed by atoms with Crippen molar-refractivity contribution in [3.05, 3.63) is 47.0 Å². The van der Waals surface area contributed by atoms with Crippen LogP contribution in [0.4, 0.5) is 5.82 Å². The second kappa shape index (κ2) is 7.05. The first-order chi connectivity index (χ1) is 11.6. The van der Waals surface area contributed by atoms with Crippen molar-refractivity contribution in [1.29, 1.82) is 0 Å². The Bertz CT molecular complexity index is 726. The Morgan fingerprint density at radius 1 is 1.29 bits per heavy atom. The van der Waals surface area contributed by atoms with E-state index >= 15 is 0 Å². The Morgan fingerprint density at radius 3 is 2.83 bits per heavy atom. The van der Waals surface area contributed by atoms with Crippen LogP contribution in [0.25, 0.3) is 0 Å². The molecule has 0 atom stereocenters. The highest BCUT2D eigenvalue weighted by atomic mass is 16.5. The van der Waals surface area contributed by atoms with Crippen LogP contribution in [0.15, 0.2) is 28.9 Å². The van der Waals surface area contributed by atoms with Gasteiger partial charge in [0.15, 0.2) is 0 Å². The van der Waals surface area contributed by atoms with E-state index in [9.17, 15) is 4.79 Å². The molecule has 0 spiro atoms. The minimum Gasteiger partial charge on any atom is -0.469 e. The van der Waals surface area contributed by atoms with Crippen LogP contribution < -0.4 is 4.90 Å². The van der Waals surface area contributed by atoms with Crippen LogP contribution in [0, 0.1) is 13.8 Å². The molecule has 0 unspecified atom stereocenters. The second-order valence-corrected chi connectivity index (χ2v) is 6.03. The molecule has 2 aromatic rings. The van der Waals surface area contributed by atoms with Gasteiger partial charge in [0.1, 0.15) is 11.6 Å². The van der Waals surface area contributed by atoms with Crippen molar-refractivity contribution in [2.75, 3.05) is 38.3 Å². The quantitative estimate of drug-likeness (QED) is 0.862. The highest BCUT2D eigenvalue weighted by molar-refractivity contribution is 5.95. The van der Waals surface area contributed by atoms with Crippen LogP contribution in [-0.2, 0) is 11.3 Å². The summed E-state index contributed by atoms with van der Waals surface area (Å²) >= 11 is 0. The summed E-state index contributed by atoms with van der Waals surface area (Å²) in [6.45, 7) is 7.11. The molecular formula is C18H23N3O3. The largest absolute Gasteiger partial charge is 0.469 e. The topological polar surface area (TPSA) is 58.8 Å². The number of carbonyl (C=O) groups excluding carboxylic acids is 1. The van der Waals surface area contributed by atoms with Crippen molar-refractivity contribution in [3.8, 4) is 0 Å². The van der Waals surface area contributed by atoms with Gasteiger partial charge >= 0.3 is 0 Å². The van der Waals surface area contributed by atoms with E-state index in [0.29, 0.717) is 31.0 Å². The number of carbonyl (C=O) groups is 1. The number of methoxy groups -OCH3 is 1. The summed E-state index contributed by atoms with van der Waals surface area (Å²) in [7, 11) is 1.69. The minimum atomic E-state index is 0.00127. The number of hydrogen-bond donors (Lipinski definition) is 0. The number of aryl methyl sites for hydroxylation is 2. The zero-order valence-corrected chi connectivity index (χ0v) is 14.4. The Kier molecular flexibility index (Phi) is 4.85. The number of rotatable bonds is 4. The molecule has 1 aliphatic heterocycles. The number of furan rings is 1. The van der Waals surface area contributed by atoms with Gasteiger partial charge in [-0.2, -0.15) is 0 Å².